The smallest absolute Gasteiger partial charge is 0.354 e. The number of rotatable bonds is 4. The molecule has 0 saturated carbocycles. The average Bonchev–Trinajstić information content (AvgIpc) is 2.37. The van der Waals surface area contributed by atoms with Gasteiger partial charge in [0, 0.05) is 5.02 Å². The number of benzene rings is 1. The number of hydrogen-bond donors (Lipinski definition) is 1. The Kier molecular flexibility index (Phi) is 4.24. The molecule has 2 aromatic rings. The second-order valence-corrected chi connectivity index (χ2v) is 4.57. The summed E-state index contributed by atoms with van der Waals surface area (Å²) in [5, 5.41) is 9.58. The van der Waals surface area contributed by atoms with E-state index in [0.29, 0.717) is 10.8 Å². The highest BCUT2D eigenvalue weighted by molar-refractivity contribution is 6.32. The van der Waals surface area contributed by atoms with Gasteiger partial charge in [0.05, 0.1) is 11.2 Å². The van der Waals surface area contributed by atoms with Crippen molar-refractivity contribution in [2.24, 2.45) is 0 Å². The molecule has 0 saturated heterocycles. The van der Waals surface area contributed by atoms with E-state index in [1.165, 1.54) is 12.3 Å². The van der Waals surface area contributed by atoms with Crippen LogP contribution in [-0.2, 0) is 6.61 Å². The number of ether oxygens (including phenoxy) is 1. The van der Waals surface area contributed by atoms with E-state index in [9.17, 15) is 4.79 Å². The molecular formula is C13H9Cl2NO3. The molecule has 1 N–H and O–H groups in total. The van der Waals surface area contributed by atoms with Crippen LogP contribution in [0.3, 0.4) is 0 Å². The lowest BCUT2D eigenvalue weighted by Gasteiger charge is -2.08. The molecule has 0 spiro atoms. The lowest BCUT2D eigenvalue weighted by molar-refractivity contribution is 0.0690. The molecule has 0 atom stereocenters. The molecule has 98 valence electrons. The van der Waals surface area contributed by atoms with Crippen LogP contribution in [0.1, 0.15) is 16.1 Å². The minimum absolute atomic E-state index is 0.125. The highest BCUT2D eigenvalue weighted by Gasteiger charge is 2.09. The summed E-state index contributed by atoms with van der Waals surface area (Å²) in [6.07, 6.45) is 1.29. The van der Waals surface area contributed by atoms with E-state index in [-0.39, 0.29) is 17.3 Å². The SMILES string of the molecule is O=C(O)c1cc(Cl)c(OCc2cccc(Cl)c2)cn1. The van der Waals surface area contributed by atoms with Crippen molar-refractivity contribution in [3.63, 3.8) is 0 Å². The summed E-state index contributed by atoms with van der Waals surface area (Å²) >= 11 is 11.8. The Morgan fingerprint density at radius 2 is 2.11 bits per heavy atom. The lowest BCUT2D eigenvalue weighted by atomic mass is 10.2. The third-order valence-electron chi connectivity index (χ3n) is 2.32. The summed E-state index contributed by atoms with van der Waals surface area (Å²) in [5.74, 6) is -0.810. The number of aromatic carboxylic acids is 1. The number of carboxylic acids is 1. The van der Waals surface area contributed by atoms with Gasteiger partial charge in [-0.25, -0.2) is 9.78 Å². The Morgan fingerprint density at radius 1 is 1.32 bits per heavy atom. The molecule has 19 heavy (non-hydrogen) atoms. The zero-order valence-corrected chi connectivity index (χ0v) is 11.1. The van der Waals surface area contributed by atoms with Gasteiger partial charge in [-0.2, -0.15) is 0 Å². The Hall–Kier alpha value is -1.78. The molecule has 2 rings (SSSR count). The van der Waals surface area contributed by atoms with Crippen molar-refractivity contribution >= 4 is 29.2 Å². The molecule has 0 aliphatic carbocycles. The van der Waals surface area contributed by atoms with Crippen LogP contribution in [0.15, 0.2) is 36.5 Å². The Labute approximate surface area is 119 Å². The van der Waals surface area contributed by atoms with Crippen LogP contribution in [0.4, 0.5) is 0 Å². The first-order valence-electron chi connectivity index (χ1n) is 5.32. The highest BCUT2D eigenvalue weighted by atomic mass is 35.5. The molecule has 0 unspecified atom stereocenters. The predicted octanol–water partition coefficient (Wildman–Crippen LogP) is 3.67. The Balaban J connectivity index is 2.10. The van der Waals surface area contributed by atoms with Crippen LogP contribution in [0.25, 0.3) is 0 Å². The Morgan fingerprint density at radius 3 is 2.74 bits per heavy atom. The quantitative estimate of drug-likeness (QED) is 0.935. The monoisotopic (exact) mass is 297 g/mol. The number of halogens is 2. The number of carbonyl (C=O) groups is 1. The van der Waals surface area contributed by atoms with Gasteiger partial charge in [-0.1, -0.05) is 35.3 Å². The molecule has 1 aromatic carbocycles. The van der Waals surface area contributed by atoms with Crippen molar-refractivity contribution in [1.29, 1.82) is 0 Å². The molecule has 1 heterocycles. The molecule has 4 nitrogen and oxygen atoms in total. The fraction of sp³-hybridized carbons (Fsp3) is 0.0769. The van der Waals surface area contributed by atoms with Crippen molar-refractivity contribution in [1.82, 2.24) is 4.98 Å². The topological polar surface area (TPSA) is 59.4 Å². The van der Waals surface area contributed by atoms with E-state index < -0.39 is 5.97 Å². The molecule has 0 aliphatic rings. The predicted molar refractivity (Wildman–Crippen MR) is 72.0 cm³/mol. The van der Waals surface area contributed by atoms with Crippen LogP contribution in [0.2, 0.25) is 10.0 Å². The van der Waals surface area contributed by atoms with Crippen LogP contribution in [0.5, 0.6) is 5.75 Å². The Bertz CT molecular complexity index is 617. The van der Waals surface area contributed by atoms with Gasteiger partial charge < -0.3 is 9.84 Å². The number of carboxylic acid groups (broad SMARTS) is 1. The van der Waals surface area contributed by atoms with Gasteiger partial charge in [0.25, 0.3) is 0 Å². The normalized spacial score (nSPS) is 10.2. The number of pyridine rings is 1. The number of hydrogen-bond acceptors (Lipinski definition) is 3. The minimum atomic E-state index is -1.14. The van der Waals surface area contributed by atoms with E-state index in [1.807, 2.05) is 12.1 Å². The van der Waals surface area contributed by atoms with E-state index in [2.05, 4.69) is 4.98 Å². The van der Waals surface area contributed by atoms with Crippen LogP contribution >= 0.6 is 23.2 Å². The summed E-state index contributed by atoms with van der Waals surface area (Å²) in [5.41, 5.74) is 0.756. The number of nitrogens with zero attached hydrogens (tertiary/aromatic N) is 1. The second kappa shape index (κ2) is 5.91. The zero-order valence-electron chi connectivity index (χ0n) is 9.64. The zero-order chi connectivity index (χ0) is 13.8. The van der Waals surface area contributed by atoms with Crippen LogP contribution in [-0.4, -0.2) is 16.1 Å². The minimum Gasteiger partial charge on any atom is -0.486 e. The maximum absolute atomic E-state index is 10.7. The first kappa shape index (κ1) is 13.6. The van der Waals surface area contributed by atoms with Crippen LogP contribution in [0, 0.1) is 0 Å². The van der Waals surface area contributed by atoms with Crippen LogP contribution < -0.4 is 4.74 Å². The lowest BCUT2D eigenvalue weighted by Crippen LogP contribution is -2.02. The third kappa shape index (κ3) is 3.59. The van der Waals surface area contributed by atoms with E-state index >= 15 is 0 Å². The van der Waals surface area contributed by atoms with E-state index in [4.69, 9.17) is 33.0 Å². The average molecular weight is 298 g/mol. The van der Waals surface area contributed by atoms with Gasteiger partial charge in [-0.05, 0) is 23.8 Å². The van der Waals surface area contributed by atoms with Crippen molar-refractivity contribution in [3.05, 3.63) is 57.8 Å². The van der Waals surface area contributed by atoms with Crippen molar-refractivity contribution in [2.75, 3.05) is 0 Å². The fourth-order valence-electron chi connectivity index (χ4n) is 1.43. The van der Waals surface area contributed by atoms with Gasteiger partial charge >= 0.3 is 5.97 Å². The summed E-state index contributed by atoms with van der Waals surface area (Å²) in [4.78, 5) is 14.4. The van der Waals surface area contributed by atoms with Gasteiger partial charge in [0.2, 0.25) is 0 Å². The molecule has 1 aromatic heterocycles. The molecule has 0 bridgehead atoms. The van der Waals surface area contributed by atoms with Crippen molar-refractivity contribution in [3.8, 4) is 5.75 Å². The summed E-state index contributed by atoms with van der Waals surface area (Å²) in [7, 11) is 0. The van der Waals surface area contributed by atoms with Gasteiger partial charge in [-0.3, -0.25) is 0 Å². The van der Waals surface area contributed by atoms with Gasteiger partial charge in [-0.15, -0.1) is 0 Å². The molecule has 0 fully saturated rings. The fourth-order valence-corrected chi connectivity index (χ4v) is 1.85. The maximum Gasteiger partial charge on any atom is 0.354 e. The summed E-state index contributed by atoms with van der Waals surface area (Å²) in [6.45, 7) is 0.272. The molecule has 6 heteroatoms. The van der Waals surface area contributed by atoms with E-state index in [0.717, 1.165) is 5.56 Å². The molecule has 0 amide bonds. The number of aromatic nitrogens is 1. The summed E-state index contributed by atoms with van der Waals surface area (Å²) < 4.78 is 5.47. The molecule has 0 aliphatic heterocycles. The van der Waals surface area contributed by atoms with Gasteiger partial charge in [0.1, 0.15) is 12.3 Å². The first-order chi connectivity index (χ1) is 9.06. The standard InChI is InChI=1S/C13H9Cl2NO3/c14-9-3-1-2-8(4-9)7-19-12-6-16-11(13(17)18)5-10(12)15/h1-6H,7H2,(H,17,18). The maximum atomic E-state index is 10.7. The molecule has 0 radical (unpaired) electrons. The highest BCUT2D eigenvalue weighted by Crippen LogP contribution is 2.25. The van der Waals surface area contributed by atoms with E-state index in [1.54, 1.807) is 12.1 Å². The largest absolute Gasteiger partial charge is 0.486 e. The first-order valence-corrected chi connectivity index (χ1v) is 6.08. The third-order valence-corrected chi connectivity index (χ3v) is 2.85. The summed E-state index contributed by atoms with van der Waals surface area (Å²) in [6, 6.07) is 8.46. The molecular weight excluding hydrogens is 289 g/mol. The van der Waals surface area contributed by atoms with Crippen molar-refractivity contribution < 1.29 is 14.6 Å². The second-order valence-electron chi connectivity index (χ2n) is 3.72. The van der Waals surface area contributed by atoms with Crippen molar-refractivity contribution in [2.45, 2.75) is 6.61 Å². The van der Waals surface area contributed by atoms with Gasteiger partial charge in [0.15, 0.2) is 5.75 Å².